The lowest BCUT2D eigenvalue weighted by Crippen LogP contribution is -2.21. The third-order valence-corrected chi connectivity index (χ3v) is 4.09. The molecule has 2 rings (SSSR count). The molecule has 0 radical (unpaired) electrons. The van der Waals surface area contributed by atoms with Crippen LogP contribution in [0.25, 0.3) is 0 Å². The molecule has 0 atom stereocenters. The number of halogens is 1. The van der Waals surface area contributed by atoms with E-state index >= 15 is 0 Å². The second-order valence-electron chi connectivity index (χ2n) is 5.01. The first-order valence-corrected chi connectivity index (χ1v) is 7.45. The lowest BCUT2D eigenvalue weighted by Gasteiger charge is -2.16. The predicted octanol–water partition coefficient (Wildman–Crippen LogP) is 4.78. The Morgan fingerprint density at radius 2 is 1.57 bits per heavy atom. The van der Waals surface area contributed by atoms with Crippen molar-refractivity contribution in [1.82, 2.24) is 4.98 Å². The molecule has 0 aliphatic heterocycles. The van der Waals surface area contributed by atoms with E-state index < -0.39 is 0 Å². The van der Waals surface area contributed by atoms with E-state index in [2.05, 4.69) is 29.5 Å². The molecule has 1 aromatic carbocycles. The Hall–Kier alpha value is -1.65. The standard InChI is InChI=1S/C16H18ClN3S/c1-9-10(2)12(4)18-15(11(9)3)20-16(21)19-14-7-5-13(17)6-8-14/h5-8H,1-4H3,(H2,18,19,20,21). The molecular weight excluding hydrogens is 302 g/mol. The number of hydrogen-bond donors (Lipinski definition) is 2. The number of thiocarbonyl (C=S) groups is 1. The van der Waals surface area contributed by atoms with E-state index in [-0.39, 0.29) is 0 Å². The van der Waals surface area contributed by atoms with Crippen LogP contribution in [0.15, 0.2) is 24.3 Å². The van der Waals surface area contributed by atoms with E-state index in [0.29, 0.717) is 10.1 Å². The number of anilines is 2. The van der Waals surface area contributed by atoms with E-state index in [9.17, 15) is 0 Å². The SMILES string of the molecule is Cc1nc(NC(=S)Nc2ccc(Cl)cc2)c(C)c(C)c1C. The van der Waals surface area contributed by atoms with Gasteiger partial charge in [0.25, 0.3) is 0 Å². The van der Waals surface area contributed by atoms with Crippen LogP contribution in [-0.4, -0.2) is 10.1 Å². The fourth-order valence-electron chi connectivity index (χ4n) is 1.99. The summed E-state index contributed by atoms with van der Waals surface area (Å²) in [6.07, 6.45) is 0. The molecule has 0 bridgehead atoms. The molecule has 0 unspecified atom stereocenters. The van der Waals surface area contributed by atoms with Crippen molar-refractivity contribution >= 4 is 40.4 Å². The molecule has 110 valence electrons. The van der Waals surface area contributed by atoms with Crippen LogP contribution in [0.2, 0.25) is 5.02 Å². The molecular formula is C16H18ClN3S. The lowest BCUT2D eigenvalue weighted by atomic mass is 10.0. The summed E-state index contributed by atoms with van der Waals surface area (Å²) in [7, 11) is 0. The van der Waals surface area contributed by atoms with Crippen LogP contribution in [0.1, 0.15) is 22.4 Å². The van der Waals surface area contributed by atoms with Crippen LogP contribution in [0.3, 0.4) is 0 Å². The van der Waals surface area contributed by atoms with E-state index in [1.54, 1.807) is 0 Å². The first-order valence-electron chi connectivity index (χ1n) is 6.66. The summed E-state index contributed by atoms with van der Waals surface area (Å²) in [6.45, 7) is 8.23. The smallest absolute Gasteiger partial charge is 0.176 e. The number of rotatable bonds is 2. The largest absolute Gasteiger partial charge is 0.332 e. The summed E-state index contributed by atoms with van der Waals surface area (Å²) < 4.78 is 0. The van der Waals surface area contributed by atoms with Crippen molar-refractivity contribution in [1.29, 1.82) is 0 Å². The molecule has 0 saturated carbocycles. The van der Waals surface area contributed by atoms with Gasteiger partial charge in [0.1, 0.15) is 5.82 Å². The number of nitrogens with zero attached hydrogens (tertiary/aromatic N) is 1. The van der Waals surface area contributed by atoms with Gasteiger partial charge in [-0.3, -0.25) is 0 Å². The molecule has 0 aliphatic rings. The van der Waals surface area contributed by atoms with Crippen LogP contribution in [-0.2, 0) is 0 Å². The molecule has 0 fully saturated rings. The monoisotopic (exact) mass is 319 g/mol. The number of aryl methyl sites for hydroxylation is 1. The highest BCUT2D eigenvalue weighted by atomic mass is 35.5. The summed E-state index contributed by atoms with van der Waals surface area (Å²) in [4.78, 5) is 4.57. The van der Waals surface area contributed by atoms with Crippen molar-refractivity contribution in [3.63, 3.8) is 0 Å². The van der Waals surface area contributed by atoms with Crippen molar-refractivity contribution in [3.8, 4) is 0 Å². The number of hydrogen-bond acceptors (Lipinski definition) is 2. The van der Waals surface area contributed by atoms with Crippen LogP contribution < -0.4 is 10.6 Å². The molecule has 0 spiro atoms. The summed E-state index contributed by atoms with van der Waals surface area (Å²) in [5, 5.41) is 7.48. The summed E-state index contributed by atoms with van der Waals surface area (Å²) in [5.74, 6) is 0.794. The molecule has 0 aliphatic carbocycles. The number of aromatic nitrogens is 1. The second-order valence-corrected chi connectivity index (χ2v) is 5.85. The molecule has 0 amide bonds. The Labute approximate surface area is 135 Å². The minimum absolute atomic E-state index is 0.510. The molecule has 1 aromatic heterocycles. The summed E-state index contributed by atoms with van der Waals surface area (Å²) >= 11 is 11.2. The highest BCUT2D eigenvalue weighted by molar-refractivity contribution is 7.80. The average Bonchev–Trinajstić information content (AvgIpc) is 2.45. The molecule has 2 N–H and O–H groups in total. The fraction of sp³-hybridized carbons (Fsp3) is 0.250. The first-order chi connectivity index (χ1) is 9.88. The summed E-state index contributed by atoms with van der Waals surface area (Å²) in [5.41, 5.74) is 5.46. The molecule has 3 nitrogen and oxygen atoms in total. The Balaban J connectivity index is 2.15. The lowest BCUT2D eigenvalue weighted by molar-refractivity contribution is 1.09. The number of nitrogens with one attached hydrogen (secondary N) is 2. The predicted molar refractivity (Wildman–Crippen MR) is 94.5 cm³/mol. The second kappa shape index (κ2) is 6.41. The van der Waals surface area contributed by atoms with Gasteiger partial charge in [-0.2, -0.15) is 0 Å². The van der Waals surface area contributed by atoms with Gasteiger partial charge in [0.15, 0.2) is 5.11 Å². The average molecular weight is 320 g/mol. The van der Waals surface area contributed by atoms with Crippen molar-refractivity contribution in [2.75, 3.05) is 10.6 Å². The number of pyridine rings is 1. The van der Waals surface area contributed by atoms with Gasteiger partial charge in [0.2, 0.25) is 0 Å². The molecule has 5 heteroatoms. The zero-order valence-corrected chi connectivity index (χ0v) is 14.1. The topological polar surface area (TPSA) is 37.0 Å². The third-order valence-electron chi connectivity index (χ3n) is 3.64. The summed E-state index contributed by atoms with van der Waals surface area (Å²) in [6, 6.07) is 7.39. The highest BCUT2D eigenvalue weighted by Gasteiger charge is 2.10. The molecule has 0 saturated heterocycles. The van der Waals surface area contributed by atoms with Crippen molar-refractivity contribution in [3.05, 3.63) is 51.7 Å². The Bertz CT molecular complexity index is 681. The van der Waals surface area contributed by atoms with Crippen molar-refractivity contribution in [2.45, 2.75) is 27.7 Å². The molecule has 1 heterocycles. The fourth-order valence-corrected chi connectivity index (χ4v) is 2.33. The van der Waals surface area contributed by atoms with Gasteiger partial charge >= 0.3 is 0 Å². The van der Waals surface area contributed by atoms with Gasteiger partial charge in [0, 0.05) is 16.4 Å². The zero-order valence-electron chi connectivity index (χ0n) is 12.5. The van der Waals surface area contributed by atoms with Crippen molar-refractivity contribution in [2.24, 2.45) is 0 Å². The van der Waals surface area contributed by atoms with Gasteiger partial charge in [-0.05, 0) is 80.9 Å². The molecule has 21 heavy (non-hydrogen) atoms. The maximum absolute atomic E-state index is 5.86. The maximum Gasteiger partial charge on any atom is 0.176 e. The Kier molecular flexibility index (Phi) is 4.80. The Morgan fingerprint density at radius 1 is 0.952 bits per heavy atom. The maximum atomic E-state index is 5.86. The van der Waals surface area contributed by atoms with Gasteiger partial charge < -0.3 is 10.6 Å². The highest BCUT2D eigenvalue weighted by Crippen LogP contribution is 2.22. The zero-order chi connectivity index (χ0) is 15.6. The van der Waals surface area contributed by atoms with Crippen molar-refractivity contribution < 1.29 is 0 Å². The van der Waals surface area contributed by atoms with E-state index in [1.807, 2.05) is 38.1 Å². The Morgan fingerprint density at radius 3 is 2.19 bits per heavy atom. The van der Waals surface area contributed by atoms with Gasteiger partial charge in [0.05, 0.1) is 0 Å². The van der Waals surface area contributed by atoms with Crippen LogP contribution in [0.4, 0.5) is 11.5 Å². The van der Waals surface area contributed by atoms with E-state index in [4.69, 9.17) is 23.8 Å². The van der Waals surface area contributed by atoms with Gasteiger partial charge in [-0.1, -0.05) is 11.6 Å². The minimum Gasteiger partial charge on any atom is -0.332 e. The van der Waals surface area contributed by atoms with Crippen LogP contribution in [0, 0.1) is 27.7 Å². The van der Waals surface area contributed by atoms with Gasteiger partial charge in [-0.25, -0.2) is 4.98 Å². The quantitative estimate of drug-likeness (QED) is 0.781. The van der Waals surface area contributed by atoms with Gasteiger partial charge in [-0.15, -0.1) is 0 Å². The molecule has 2 aromatic rings. The minimum atomic E-state index is 0.510. The van der Waals surface area contributed by atoms with Crippen LogP contribution >= 0.6 is 23.8 Å². The van der Waals surface area contributed by atoms with E-state index in [1.165, 1.54) is 11.1 Å². The normalized spacial score (nSPS) is 10.3. The third kappa shape index (κ3) is 3.71. The van der Waals surface area contributed by atoms with E-state index in [0.717, 1.165) is 22.8 Å². The first kappa shape index (κ1) is 15.7. The number of benzene rings is 1. The van der Waals surface area contributed by atoms with Crippen LogP contribution in [0.5, 0.6) is 0 Å².